The zero-order valence-electron chi connectivity index (χ0n) is 7.57. The molecule has 1 atom stereocenters. The van der Waals surface area contributed by atoms with Crippen LogP contribution in [-0.2, 0) is 9.59 Å². The molecule has 0 spiro atoms. The minimum atomic E-state index is -0.279. The largest absolute Gasteiger partial charge is 0.303 e. The summed E-state index contributed by atoms with van der Waals surface area (Å²) in [6.45, 7) is 1.50. The van der Waals surface area contributed by atoms with Gasteiger partial charge in [-0.2, -0.15) is 0 Å². The standard InChI is InChI=1S/C11H12O2/c1-9(13)7-11(8-12)10-5-3-2-4-6-10/h2-6,8,11H,7H2,1H3. The van der Waals surface area contributed by atoms with Crippen molar-refractivity contribution in [2.24, 2.45) is 0 Å². The number of hydrogen-bond acceptors (Lipinski definition) is 2. The molecule has 2 nitrogen and oxygen atoms in total. The van der Waals surface area contributed by atoms with E-state index in [0.717, 1.165) is 11.8 Å². The number of aldehydes is 1. The molecule has 0 fully saturated rings. The molecule has 0 aromatic heterocycles. The van der Waals surface area contributed by atoms with E-state index in [0.29, 0.717) is 6.42 Å². The Bertz CT molecular complexity index is 290. The molecule has 0 saturated heterocycles. The summed E-state index contributed by atoms with van der Waals surface area (Å²) >= 11 is 0. The molecule has 1 rings (SSSR count). The summed E-state index contributed by atoms with van der Waals surface area (Å²) in [6.07, 6.45) is 1.13. The van der Waals surface area contributed by atoms with Crippen LogP contribution in [-0.4, -0.2) is 12.1 Å². The zero-order chi connectivity index (χ0) is 9.68. The fourth-order valence-electron chi connectivity index (χ4n) is 1.25. The van der Waals surface area contributed by atoms with Gasteiger partial charge in [0.2, 0.25) is 0 Å². The van der Waals surface area contributed by atoms with E-state index >= 15 is 0 Å². The fourth-order valence-corrected chi connectivity index (χ4v) is 1.25. The topological polar surface area (TPSA) is 34.1 Å². The third kappa shape index (κ3) is 2.82. The molecule has 0 aliphatic heterocycles. The molecule has 0 aliphatic rings. The Labute approximate surface area is 77.6 Å². The first-order chi connectivity index (χ1) is 6.24. The number of benzene rings is 1. The van der Waals surface area contributed by atoms with Gasteiger partial charge in [0.05, 0.1) is 0 Å². The summed E-state index contributed by atoms with van der Waals surface area (Å²) in [7, 11) is 0. The average Bonchev–Trinajstić information content (AvgIpc) is 2.15. The van der Waals surface area contributed by atoms with Crippen LogP contribution in [0.4, 0.5) is 0 Å². The Morgan fingerprint density at radius 1 is 1.38 bits per heavy atom. The molecule has 1 unspecified atom stereocenters. The van der Waals surface area contributed by atoms with E-state index in [9.17, 15) is 9.59 Å². The maximum Gasteiger partial charge on any atom is 0.130 e. The molecule has 0 bridgehead atoms. The van der Waals surface area contributed by atoms with E-state index in [1.165, 1.54) is 6.92 Å². The van der Waals surface area contributed by atoms with Crippen LogP contribution < -0.4 is 0 Å². The van der Waals surface area contributed by atoms with Crippen LogP contribution in [0.1, 0.15) is 24.8 Å². The third-order valence-electron chi connectivity index (χ3n) is 1.90. The molecule has 0 radical (unpaired) electrons. The van der Waals surface area contributed by atoms with Crippen molar-refractivity contribution in [1.82, 2.24) is 0 Å². The molecule has 0 amide bonds. The van der Waals surface area contributed by atoms with Gasteiger partial charge in [0.1, 0.15) is 12.1 Å². The second-order valence-corrected chi connectivity index (χ2v) is 3.06. The second-order valence-electron chi connectivity index (χ2n) is 3.06. The highest BCUT2D eigenvalue weighted by molar-refractivity contribution is 5.80. The molecule has 1 aromatic carbocycles. The molecule has 1 aromatic rings. The number of Topliss-reactive ketones (excluding diaryl/α,β-unsaturated/α-hetero) is 1. The predicted octanol–water partition coefficient (Wildman–Crippen LogP) is 1.95. The Morgan fingerprint density at radius 3 is 2.46 bits per heavy atom. The molecule has 0 heterocycles. The van der Waals surface area contributed by atoms with Gasteiger partial charge in [-0.25, -0.2) is 0 Å². The summed E-state index contributed by atoms with van der Waals surface area (Å²) in [5.74, 6) is -0.236. The Hall–Kier alpha value is -1.44. The van der Waals surface area contributed by atoms with Crippen molar-refractivity contribution in [3.8, 4) is 0 Å². The van der Waals surface area contributed by atoms with E-state index < -0.39 is 0 Å². The van der Waals surface area contributed by atoms with Crippen LogP contribution in [0.5, 0.6) is 0 Å². The minimum Gasteiger partial charge on any atom is -0.303 e. The number of hydrogen-bond donors (Lipinski definition) is 0. The summed E-state index contributed by atoms with van der Waals surface area (Å²) in [5.41, 5.74) is 0.910. The number of carbonyl (C=O) groups excluding carboxylic acids is 2. The van der Waals surface area contributed by atoms with Crippen LogP contribution in [0.3, 0.4) is 0 Å². The first-order valence-corrected chi connectivity index (χ1v) is 4.23. The molecule has 13 heavy (non-hydrogen) atoms. The van der Waals surface area contributed by atoms with Gasteiger partial charge in [-0.15, -0.1) is 0 Å². The van der Waals surface area contributed by atoms with Crippen molar-refractivity contribution in [1.29, 1.82) is 0 Å². The lowest BCUT2D eigenvalue weighted by Crippen LogP contribution is -2.05. The first-order valence-electron chi connectivity index (χ1n) is 4.23. The highest BCUT2D eigenvalue weighted by Crippen LogP contribution is 2.16. The highest BCUT2D eigenvalue weighted by atomic mass is 16.1. The van der Waals surface area contributed by atoms with Crippen LogP contribution in [0.15, 0.2) is 30.3 Å². The Balaban J connectivity index is 2.78. The van der Waals surface area contributed by atoms with Gasteiger partial charge >= 0.3 is 0 Å². The summed E-state index contributed by atoms with van der Waals surface area (Å²) in [4.78, 5) is 21.5. The van der Waals surface area contributed by atoms with Gasteiger partial charge in [-0.05, 0) is 12.5 Å². The second kappa shape index (κ2) is 4.55. The van der Waals surface area contributed by atoms with Crippen molar-refractivity contribution in [3.63, 3.8) is 0 Å². The van der Waals surface area contributed by atoms with Gasteiger partial charge < -0.3 is 4.79 Å². The maximum atomic E-state index is 10.8. The Morgan fingerprint density at radius 2 is 2.00 bits per heavy atom. The maximum absolute atomic E-state index is 10.8. The molecular weight excluding hydrogens is 164 g/mol. The normalized spacial score (nSPS) is 12.1. The van der Waals surface area contributed by atoms with Crippen molar-refractivity contribution < 1.29 is 9.59 Å². The number of ketones is 1. The summed E-state index contributed by atoms with van der Waals surface area (Å²) in [5, 5.41) is 0. The minimum absolute atomic E-state index is 0.0425. The SMILES string of the molecule is CC(=O)CC(C=O)c1ccccc1. The highest BCUT2D eigenvalue weighted by Gasteiger charge is 2.11. The molecule has 0 aliphatic carbocycles. The molecular formula is C11H12O2. The monoisotopic (exact) mass is 176 g/mol. The fraction of sp³-hybridized carbons (Fsp3) is 0.273. The van der Waals surface area contributed by atoms with Crippen LogP contribution in [0, 0.1) is 0 Å². The van der Waals surface area contributed by atoms with E-state index in [1.807, 2.05) is 30.3 Å². The summed E-state index contributed by atoms with van der Waals surface area (Å²) < 4.78 is 0. The Kier molecular flexibility index (Phi) is 3.38. The van der Waals surface area contributed by atoms with Gasteiger partial charge in [0.25, 0.3) is 0 Å². The zero-order valence-corrected chi connectivity index (χ0v) is 7.57. The first kappa shape index (κ1) is 9.65. The quantitative estimate of drug-likeness (QED) is 0.657. The van der Waals surface area contributed by atoms with Crippen molar-refractivity contribution in [2.45, 2.75) is 19.3 Å². The van der Waals surface area contributed by atoms with Gasteiger partial charge in [-0.1, -0.05) is 30.3 Å². The molecule has 68 valence electrons. The lowest BCUT2D eigenvalue weighted by molar-refractivity contribution is -0.119. The van der Waals surface area contributed by atoms with Crippen molar-refractivity contribution in [3.05, 3.63) is 35.9 Å². The molecule has 2 heteroatoms. The number of carbonyl (C=O) groups is 2. The van der Waals surface area contributed by atoms with Crippen LogP contribution >= 0.6 is 0 Å². The van der Waals surface area contributed by atoms with Gasteiger partial charge in [0, 0.05) is 12.3 Å². The van der Waals surface area contributed by atoms with E-state index in [2.05, 4.69) is 0 Å². The van der Waals surface area contributed by atoms with Crippen molar-refractivity contribution >= 4 is 12.1 Å². The van der Waals surface area contributed by atoms with E-state index in [4.69, 9.17) is 0 Å². The molecule has 0 saturated carbocycles. The lowest BCUT2D eigenvalue weighted by Gasteiger charge is -2.07. The average molecular weight is 176 g/mol. The van der Waals surface area contributed by atoms with E-state index in [1.54, 1.807) is 0 Å². The smallest absolute Gasteiger partial charge is 0.130 e. The van der Waals surface area contributed by atoms with E-state index in [-0.39, 0.29) is 11.7 Å². The van der Waals surface area contributed by atoms with Crippen LogP contribution in [0.2, 0.25) is 0 Å². The summed E-state index contributed by atoms with van der Waals surface area (Å²) in [6, 6.07) is 9.35. The molecule has 0 N–H and O–H groups in total. The lowest BCUT2D eigenvalue weighted by atomic mass is 9.96. The number of rotatable bonds is 4. The van der Waals surface area contributed by atoms with Crippen molar-refractivity contribution in [2.75, 3.05) is 0 Å². The third-order valence-corrected chi connectivity index (χ3v) is 1.90. The predicted molar refractivity (Wildman–Crippen MR) is 50.5 cm³/mol. The van der Waals surface area contributed by atoms with Gasteiger partial charge in [-0.3, -0.25) is 4.79 Å². The van der Waals surface area contributed by atoms with Crippen LogP contribution in [0.25, 0.3) is 0 Å². The van der Waals surface area contributed by atoms with Gasteiger partial charge in [0.15, 0.2) is 0 Å².